The summed E-state index contributed by atoms with van der Waals surface area (Å²) in [5, 5.41) is 4.00. The SMILES string of the molecule is CCC.CCCN.CN1CCN(C(=O)CNC(=O)c2ccc(N(N)/C=C\N)cc2)CC1.Fc1ccc(C2CC2)cc1. The molecule has 1 saturated carbocycles. The highest BCUT2D eigenvalue weighted by Crippen LogP contribution is 2.39. The average Bonchev–Trinajstić information content (AvgIpc) is 3.83. The number of hydrogen-bond acceptors (Lipinski definition) is 7. The number of halogens is 1. The second-order valence-corrected chi connectivity index (χ2v) is 9.98. The fraction of sp³-hybridized carbons (Fsp3) is 0.484. The van der Waals surface area contributed by atoms with Gasteiger partial charge in [-0.15, -0.1) is 0 Å². The first-order chi connectivity index (χ1) is 19.7. The Balaban J connectivity index is 0.000000402. The summed E-state index contributed by atoms with van der Waals surface area (Å²) in [5.41, 5.74) is 12.8. The summed E-state index contributed by atoms with van der Waals surface area (Å²) >= 11 is 0. The molecule has 0 radical (unpaired) electrons. The van der Waals surface area contributed by atoms with Crippen LogP contribution in [-0.4, -0.2) is 67.9 Å². The fourth-order valence-electron chi connectivity index (χ4n) is 3.54. The van der Waals surface area contributed by atoms with Crippen molar-refractivity contribution in [2.75, 3.05) is 51.3 Å². The standard InChI is InChI=1S/C16H24N6O2.C9H9F.C3H9N.C3H8/c1-20-8-10-21(11-9-20)15(23)12-19-16(24)13-2-4-14(5-3-13)22(18)7-6-17;10-9-5-3-8(4-6-9)7-1-2-7;1-2-3-4;1-3-2/h2-7H,8-12,17-18H2,1H3,(H,19,24);3-7H,1-2H2;2-4H2,1H3;3H2,1-2H3/b7-6-;;;. The number of carbonyl (C=O) groups is 2. The van der Waals surface area contributed by atoms with Crippen molar-refractivity contribution in [3.05, 3.63) is 77.9 Å². The summed E-state index contributed by atoms with van der Waals surface area (Å²) < 4.78 is 12.4. The fourth-order valence-corrected chi connectivity index (χ4v) is 3.54. The van der Waals surface area contributed by atoms with Crippen LogP contribution < -0.4 is 27.6 Å². The van der Waals surface area contributed by atoms with Gasteiger partial charge in [-0.2, -0.15) is 0 Å². The van der Waals surface area contributed by atoms with Gasteiger partial charge in [0.2, 0.25) is 5.91 Å². The number of anilines is 1. The Morgan fingerprint density at radius 1 is 1.00 bits per heavy atom. The van der Waals surface area contributed by atoms with E-state index in [-0.39, 0.29) is 24.2 Å². The first-order valence-corrected chi connectivity index (χ1v) is 14.4. The van der Waals surface area contributed by atoms with Crippen molar-refractivity contribution in [1.82, 2.24) is 15.1 Å². The maximum Gasteiger partial charge on any atom is 0.251 e. The Kier molecular flexibility index (Phi) is 17.7. The highest BCUT2D eigenvalue weighted by molar-refractivity contribution is 5.96. The summed E-state index contributed by atoms with van der Waals surface area (Å²) in [6.45, 7) is 10.2. The molecule has 7 N–H and O–H groups in total. The summed E-state index contributed by atoms with van der Waals surface area (Å²) in [5.74, 6) is 5.99. The molecule has 9 nitrogen and oxygen atoms in total. The van der Waals surface area contributed by atoms with Crippen LogP contribution in [0.4, 0.5) is 10.1 Å². The van der Waals surface area contributed by atoms with Crippen LogP contribution in [-0.2, 0) is 4.79 Å². The topological polar surface area (TPSA) is 134 Å². The largest absolute Gasteiger partial charge is 0.403 e. The lowest BCUT2D eigenvalue weighted by Crippen LogP contribution is -2.50. The number of piperazine rings is 1. The smallest absolute Gasteiger partial charge is 0.251 e. The summed E-state index contributed by atoms with van der Waals surface area (Å²) in [6.07, 6.45) is 7.74. The number of hydrogen-bond donors (Lipinski definition) is 4. The van der Waals surface area contributed by atoms with Crippen LogP contribution >= 0.6 is 0 Å². The number of nitrogens with one attached hydrogen (secondary N) is 1. The van der Waals surface area contributed by atoms with E-state index in [9.17, 15) is 14.0 Å². The molecule has 2 aromatic rings. The highest BCUT2D eigenvalue weighted by atomic mass is 19.1. The Morgan fingerprint density at radius 3 is 2.00 bits per heavy atom. The van der Waals surface area contributed by atoms with Gasteiger partial charge in [0.25, 0.3) is 5.91 Å². The lowest BCUT2D eigenvalue weighted by molar-refractivity contribution is -0.131. The third-order valence-electron chi connectivity index (χ3n) is 6.14. The molecular formula is C31H50FN7O2. The Bertz CT molecular complexity index is 1020. The van der Waals surface area contributed by atoms with E-state index in [1.165, 1.54) is 54.4 Å². The van der Waals surface area contributed by atoms with Crippen LogP contribution in [0.15, 0.2) is 60.9 Å². The van der Waals surface area contributed by atoms with Crippen LogP contribution in [0.1, 0.15) is 68.3 Å². The van der Waals surface area contributed by atoms with Crippen molar-refractivity contribution in [2.24, 2.45) is 17.3 Å². The van der Waals surface area contributed by atoms with Gasteiger partial charge in [-0.1, -0.05) is 39.3 Å². The average molecular weight is 572 g/mol. The number of rotatable bonds is 7. The van der Waals surface area contributed by atoms with Gasteiger partial charge in [0.1, 0.15) is 5.82 Å². The maximum atomic E-state index is 12.4. The molecule has 41 heavy (non-hydrogen) atoms. The van der Waals surface area contributed by atoms with Gasteiger partial charge in [0, 0.05) is 44.1 Å². The Morgan fingerprint density at radius 2 is 1.54 bits per heavy atom. The van der Waals surface area contributed by atoms with E-state index in [4.69, 9.17) is 17.3 Å². The third kappa shape index (κ3) is 14.6. The van der Waals surface area contributed by atoms with Crippen LogP contribution in [0.2, 0.25) is 0 Å². The minimum absolute atomic E-state index is 0.00320. The number of benzene rings is 2. The van der Waals surface area contributed by atoms with Crippen molar-refractivity contribution in [2.45, 2.75) is 52.4 Å². The van der Waals surface area contributed by atoms with Crippen molar-refractivity contribution < 1.29 is 14.0 Å². The number of carbonyl (C=O) groups excluding carboxylic acids is 2. The van der Waals surface area contributed by atoms with E-state index in [2.05, 4.69) is 31.0 Å². The number of nitrogens with two attached hydrogens (primary N) is 3. The lowest BCUT2D eigenvalue weighted by atomic mass is 10.1. The van der Waals surface area contributed by atoms with E-state index >= 15 is 0 Å². The first-order valence-electron chi connectivity index (χ1n) is 14.4. The van der Waals surface area contributed by atoms with Gasteiger partial charge in [0.05, 0.1) is 12.2 Å². The molecular weight excluding hydrogens is 521 g/mol. The lowest BCUT2D eigenvalue weighted by Gasteiger charge is -2.32. The normalized spacial score (nSPS) is 14.5. The molecule has 4 rings (SSSR count). The number of nitrogens with zero attached hydrogens (tertiary/aromatic N) is 3. The second-order valence-electron chi connectivity index (χ2n) is 9.98. The summed E-state index contributed by atoms with van der Waals surface area (Å²) in [4.78, 5) is 28.2. The molecule has 1 heterocycles. The van der Waals surface area contributed by atoms with Crippen molar-refractivity contribution in [3.8, 4) is 0 Å². The molecule has 2 aromatic carbocycles. The molecule has 2 amide bonds. The molecule has 2 fully saturated rings. The van der Waals surface area contributed by atoms with Crippen LogP contribution in [0, 0.1) is 5.82 Å². The summed E-state index contributed by atoms with van der Waals surface area (Å²) in [7, 11) is 2.03. The molecule has 10 heteroatoms. The maximum absolute atomic E-state index is 12.4. The predicted molar refractivity (Wildman–Crippen MR) is 167 cm³/mol. The van der Waals surface area contributed by atoms with Crippen molar-refractivity contribution in [3.63, 3.8) is 0 Å². The van der Waals surface area contributed by atoms with Gasteiger partial charge in [-0.25, -0.2) is 10.2 Å². The van der Waals surface area contributed by atoms with Crippen molar-refractivity contribution >= 4 is 17.5 Å². The molecule has 1 saturated heterocycles. The van der Waals surface area contributed by atoms with E-state index in [0.717, 1.165) is 32.0 Å². The molecule has 0 unspecified atom stereocenters. The van der Waals surface area contributed by atoms with Crippen LogP contribution in [0.5, 0.6) is 0 Å². The molecule has 2 aliphatic rings. The van der Waals surface area contributed by atoms with Crippen molar-refractivity contribution in [1.29, 1.82) is 0 Å². The zero-order valence-electron chi connectivity index (χ0n) is 25.2. The van der Waals surface area contributed by atoms with Gasteiger partial charge in [-0.05, 0) is 80.7 Å². The van der Waals surface area contributed by atoms with Crippen LogP contribution in [0.3, 0.4) is 0 Å². The van der Waals surface area contributed by atoms with E-state index < -0.39 is 0 Å². The van der Waals surface area contributed by atoms with Gasteiger partial charge >= 0.3 is 0 Å². The van der Waals surface area contributed by atoms with Gasteiger partial charge < -0.3 is 26.6 Å². The number of amides is 2. The monoisotopic (exact) mass is 571 g/mol. The highest BCUT2D eigenvalue weighted by Gasteiger charge is 2.23. The van der Waals surface area contributed by atoms with Gasteiger partial charge in [0.15, 0.2) is 0 Å². The zero-order valence-corrected chi connectivity index (χ0v) is 25.2. The molecule has 1 aliphatic heterocycles. The first kappa shape index (κ1) is 35.6. The van der Waals surface area contributed by atoms with E-state index in [1.54, 1.807) is 29.2 Å². The van der Waals surface area contributed by atoms with Crippen LogP contribution in [0.25, 0.3) is 0 Å². The Hall–Kier alpha value is -3.47. The predicted octanol–water partition coefficient (Wildman–Crippen LogP) is 3.77. The second kappa shape index (κ2) is 20.4. The van der Waals surface area contributed by atoms with Gasteiger partial charge in [-0.3, -0.25) is 14.6 Å². The molecule has 1 aliphatic carbocycles. The third-order valence-corrected chi connectivity index (χ3v) is 6.14. The quantitative estimate of drug-likeness (QED) is 0.294. The minimum Gasteiger partial charge on any atom is -0.403 e. The molecule has 0 spiro atoms. The number of likely N-dealkylation sites (N-methyl/N-ethyl adjacent to an activating group) is 1. The van der Waals surface area contributed by atoms with E-state index in [1.807, 2.05) is 19.2 Å². The minimum atomic E-state index is -0.290. The number of hydrazine groups is 1. The van der Waals surface area contributed by atoms with E-state index in [0.29, 0.717) is 24.3 Å². The summed E-state index contributed by atoms with van der Waals surface area (Å²) in [6, 6.07) is 13.5. The molecule has 0 bridgehead atoms. The molecule has 0 aromatic heterocycles. The molecule has 0 atom stereocenters. The zero-order chi connectivity index (χ0) is 30.6. The Labute approximate surface area is 245 Å². The molecule has 228 valence electrons.